The van der Waals surface area contributed by atoms with Gasteiger partial charge in [-0.15, -0.1) is 0 Å². The van der Waals surface area contributed by atoms with Gasteiger partial charge in [0.1, 0.15) is 0 Å². The molecule has 0 spiro atoms. The molecule has 0 aliphatic rings. The normalized spacial score (nSPS) is 10.2. The van der Waals surface area contributed by atoms with E-state index in [0.717, 1.165) is 17.7 Å². The van der Waals surface area contributed by atoms with Crippen LogP contribution in [0.2, 0.25) is 0 Å². The number of unbranched alkanes of at least 4 members (excludes halogenated alkanes) is 8. The molecule has 0 aromatic heterocycles. The highest BCUT2D eigenvalue weighted by Gasteiger charge is 2.00. The standard InChI is InChI=1S/C18H26NO/c1-2-3-4-5-6-7-8-9-10-13-17-14-11-12-15-18(17)19-16-20/h11-15H,2-10H2,1H3. The van der Waals surface area contributed by atoms with E-state index in [9.17, 15) is 4.79 Å². The summed E-state index contributed by atoms with van der Waals surface area (Å²) in [6, 6.07) is 7.72. The minimum Gasteiger partial charge on any atom is -0.211 e. The zero-order chi connectivity index (χ0) is 14.5. The van der Waals surface area contributed by atoms with Gasteiger partial charge in [0.25, 0.3) is 0 Å². The lowest BCUT2D eigenvalue weighted by Gasteiger charge is -2.04. The Hall–Kier alpha value is -1.40. The summed E-state index contributed by atoms with van der Waals surface area (Å²) in [7, 11) is 0. The number of para-hydroxylation sites is 1. The number of hydrogen-bond acceptors (Lipinski definition) is 2. The Balaban J connectivity index is 2.11. The summed E-state index contributed by atoms with van der Waals surface area (Å²) in [5.41, 5.74) is 1.76. The summed E-state index contributed by atoms with van der Waals surface area (Å²) < 4.78 is 0. The molecule has 0 saturated carbocycles. The first-order valence-corrected chi connectivity index (χ1v) is 7.88. The Bertz CT molecular complexity index is 408. The highest BCUT2D eigenvalue weighted by atomic mass is 16.1. The van der Waals surface area contributed by atoms with Crippen LogP contribution >= 0.6 is 0 Å². The largest absolute Gasteiger partial charge is 0.240 e. The highest BCUT2D eigenvalue weighted by molar-refractivity contribution is 5.55. The van der Waals surface area contributed by atoms with E-state index in [4.69, 9.17) is 0 Å². The van der Waals surface area contributed by atoms with Crippen LogP contribution in [0.25, 0.3) is 0 Å². The molecular weight excluding hydrogens is 246 g/mol. The summed E-state index contributed by atoms with van der Waals surface area (Å²) >= 11 is 0. The van der Waals surface area contributed by atoms with Crippen molar-refractivity contribution in [2.75, 3.05) is 0 Å². The van der Waals surface area contributed by atoms with Crippen molar-refractivity contribution in [3.8, 4) is 0 Å². The molecule has 0 amide bonds. The van der Waals surface area contributed by atoms with Crippen molar-refractivity contribution in [2.24, 2.45) is 4.99 Å². The molecule has 0 atom stereocenters. The van der Waals surface area contributed by atoms with Gasteiger partial charge in [0.2, 0.25) is 6.08 Å². The number of hydrogen-bond donors (Lipinski definition) is 0. The number of isocyanates is 1. The summed E-state index contributed by atoms with van der Waals surface area (Å²) in [4.78, 5) is 14.1. The lowest BCUT2D eigenvalue weighted by Crippen LogP contribution is -1.85. The van der Waals surface area contributed by atoms with E-state index in [0.29, 0.717) is 0 Å². The Morgan fingerprint density at radius 2 is 1.65 bits per heavy atom. The second kappa shape index (κ2) is 11.4. The van der Waals surface area contributed by atoms with Gasteiger partial charge < -0.3 is 0 Å². The van der Waals surface area contributed by atoms with Gasteiger partial charge in [-0.05, 0) is 24.5 Å². The Morgan fingerprint density at radius 3 is 2.35 bits per heavy atom. The summed E-state index contributed by atoms with van der Waals surface area (Å²) in [6.07, 6.45) is 15.5. The fraction of sp³-hybridized carbons (Fsp3) is 0.556. The molecule has 2 nitrogen and oxygen atoms in total. The third-order valence-electron chi connectivity index (χ3n) is 3.52. The van der Waals surface area contributed by atoms with Crippen molar-refractivity contribution in [3.63, 3.8) is 0 Å². The smallest absolute Gasteiger partial charge is 0.211 e. The number of aliphatic imine (C=N–C) groups is 1. The average molecular weight is 272 g/mol. The molecular formula is C18H26NO. The van der Waals surface area contributed by atoms with Gasteiger partial charge in [-0.1, -0.05) is 76.5 Å². The number of nitrogens with zero attached hydrogens (tertiary/aromatic N) is 1. The fourth-order valence-electron chi connectivity index (χ4n) is 2.35. The number of benzene rings is 1. The van der Waals surface area contributed by atoms with Gasteiger partial charge in [0.15, 0.2) is 0 Å². The van der Waals surface area contributed by atoms with Crippen LogP contribution in [0.5, 0.6) is 0 Å². The van der Waals surface area contributed by atoms with Gasteiger partial charge in [0.05, 0.1) is 5.69 Å². The summed E-state index contributed by atoms with van der Waals surface area (Å²) in [6.45, 7) is 2.25. The molecule has 0 aliphatic heterocycles. The maximum atomic E-state index is 10.3. The fourth-order valence-corrected chi connectivity index (χ4v) is 2.35. The molecule has 20 heavy (non-hydrogen) atoms. The Labute approximate surface area is 123 Å². The van der Waals surface area contributed by atoms with E-state index < -0.39 is 0 Å². The summed E-state index contributed by atoms with van der Waals surface area (Å²) in [5.74, 6) is 0. The van der Waals surface area contributed by atoms with Crippen LogP contribution in [0.4, 0.5) is 5.69 Å². The van der Waals surface area contributed by atoms with Gasteiger partial charge in [-0.2, -0.15) is 4.99 Å². The van der Waals surface area contributed by atoms with E-state index in [1.54, 1.807) is 6.08 Å². The minimum atomic E-state index is 0.724. The molecule has 1 aromatic rings. The SMILES string of the molecule is CCCCCCCCCC[CH]c1ccccc1N=C=O. The van der Waals surface area contributed by atoms with E-state index in [1.165, 1.54) is 51.4 Å². The molecule has 0 N–H and O–H groups in total. The zero-order valence-corrected chi connectivity index (χ0v) is 12.6. The van der Waals surface area contributed by atoms with Crippen LogP contribution in [0.1, 0.15) is 70.3 Å². The molecule has 2 heteroatoms. The first-order valence-electron chi connectivity index (χ1n) is 7.88. The predicted octanol–water partition coefficient (Wildman–Crippen LogP) is 5.74. The van der Waals surface area contributed by atoms with Gasteiger partial charge in [-0.25, -0.2) is 4.79 Å². The van der Waals surface area contributed by atoms with Crippen LogP contribution in [-0.2, 0) is 4.79 Å². The lowest BCUT2D eigenvalue weighted by molar-refractivity contribution is 0.565. The molecule has 1 radical (unpaired) electrons. The number of carbonyl (C=O) groups excluding carboxylic acids is 1. The maximum Gasteiger partial charge on any atom is 0.240 e. The van der Waals surface area contributed by atoms with Crippen molar-refractivity contribution in [2.45, 2.75) is 64.7 Å². The van der Waals surface area contributed by atoms with E-state index in [1.807, 2.05) is 24.3 Å². The minimum absolute atomic E-state index is 0.724. The molecule has 1 rings (SSSR count). The van der Waals surface area contributed by atoms with Crippen molar-refractivity contribution in [1.82, 2.24) is 0 Å². The Morgan fingerprint density at radius 1 is 1.00 bits per heavy atom. The van der Waals surface area contributed by atoms with E-state index in [2.05, 4.69) is 18.3 Å². The van der Waals surface area contributed by atoms with Crippen LogP contribution < -0.4 is 0 Å². The van der Waals surface area contributed by atoms with Crippen molar-refractivity contribution >= 4 is 11.8 Å². The van der Waals surface area contributed by atoms with Crippen molar-refractivity contribution in [3.05, 3.63) is 36.2 Å². The van der Waals surface area contributed by atoms with Crippen LogP contribution in [-0.4, -0.2) is 6.08 Å². The topological polar surface area (TPSA) is 29.4 Å². The lowest BCUT2D eigenvalue weighted by atomic mass is 10.0. The van der Waals surface area contributed by atoms with Crippen LogP contribution in [0.15, 0.2) is 29.3 Å². The molecule has 0 aliphatic carbocycles. The molecule has 0 saturated heterocycles. The van der Waals surface area contributed by atoms with Crippen LogP contribution in [0.3, 0.4) is 0 Å². The highest BCUT2D eigenvalue weighted by Crippen LogP contribution is 2.22. The second-order valence-corrected chi connectivity index (χ2v) is 5.23. The maximum absolute atomic E-state index is 10.3. The first-order chi connectivity index (χ1) is 9.88. The third-order valence-corrected chi connectivity index (χ3v) is 3.52. The molecule has 1 aromatic carbocycles. The third kappa shape index (κ3) is 7.25. The second-order valence-electron chi connectivity index (χ2n) is 5.23. The monoisotopic (exact) mass is 272 g/mol. The molecule has 0 unspecified atom stereocenters. The predicted molar refractivity (Wildman–Crippen MR) is 84.9 cm³/mol. The summed E-state index contributed by atoms with van der Waals surface area (Å²) in [5, 5.41) is 0. The number of rotatable bonds is 11. The van der Waals surface area contributed by atoms with Crippen molar-refractivity contribution < 1.29 is 4.79 Å². The Kier molecular flexibility index (Phi) is 9.52. The van der Waals surface area contributed by atoms with Gasteiger partial charge in [-0.3, -0.25) is 0 Å². The molecule has 109 valence electrons. The molecule has 0 heterocycles. The van der Waals surface area contributed by atoms with Gasteiger partial charge >= 0.3 is 0 Å². The molecule has 0 fully saturated rings. The van der Waals surface area contributed by atoms with Crippen molar-refractivity contribution in [1.29, 1.82) is 0 Å². The van der Waals surface area contributed by atoms with E-state index in [-0.39, 0.29) is 0 Å². The first kappa shape index (κ1) is 16.7. The average Bonchev–Trinajstić information content (AvgIpc) is 2.47. The van der Waals surface area contributed by atoms with E-state index >= 15 is 0 Å². The van der Waals surface area contributed by atoms with Gasteiger partial charge in [0, 0.05) is 0 Å². The van der Waals surface area contributed by atoms with Crippen LogP contribution in [0, 0.1) is 6.42 Å². The quantitative estimate of drug-likeness (QED) is 0.287. The molecule has 0 bridgehead atoms. The zero-order valence-electron chi connectivity index (χ0n) is 12.6.